The van der Waals surface area contributed by atoms with E-state index in [2.05, 4.69) is 9.97 Å². The molecule has 1 aromatic heterocycles. The number of rotatable bonds is 1. The zero-order chi connectivity index (χ0) is 12.5. The van der Waals surface area contributed by atoms with Gasteiger partial charge in [-0.05, 0) is 6.07 Å². The Balaban J connectivity index is 2.56. The highest BCUT2D eigenvalue weighted by atomic mass is 19.4. The molecule has 1 aromatic carbocycles. The Bertz CT molecular complexity index is 520. The van der Waals surface area contributed by atoms with Gasteiger partial charge in [-0.3, -0.25) is 0 Å². The fraction of sp³-hybridized carbons (Fsp3) is 0.0909. The zero-order valence-corrected chi connectivity index (χ0v) is 8.57. The van der Waals surface area contributed by atoms with Crippen LogP contribution in [0.15, 0.2) is 36.7 Å². The summed E-state index contributed by atoms with van der Waals surface area (Å²) in [4.78, 5) is 7.57. The molecule has 88 valence electrons. The topological polar surface area (TPSA) is 51.8 Å². The van der Waals surface area contributed by atoms with Crippen molar-refractivity contribution in [2.45, 2.75) is 6.18 Å². The van der Waals surface area contributed by atoms with E-state index in [4.69, 9.17) is 5.73 Å². The van der Waals surface area contributed by atoms with Gasteiger partial charge in [-0.25, -0.2) is 9.97 Å². The van der Waals surface area contributed by atoms with Crippen LogP contribution in [0.3, 0.4) is 0 Å². The molecule has 0 aliphatic carbocycles. The van der Waals surface area contributed by atoms with Crippen LogP contribution in [0.4, 0.5) is 18.9 Å². The van der Waals surface area contributed by atoms with Gasteiger partial charge in [-0.2, -0.15) is 13.2 Å². The number of benzene rings is 1. The Labute approximate surface area is 95.1 Å². The van der Waals surface area contributed by atoms with Crippen LogP contribution in [0.2, 0.25) is 0 Å². The summed E-state index contributed by atoms with van der Waals surface area (Å²) in [5.74, 6) is 0.00660. The number of nitrogens with zero attached hydrogens (tertiary/aromatic N) is 2. The molecule has 0 amide bonds. The Hall–Kier alpha value is -2.11. The average Bonchev–Trinajstić information content (AvgIpc) is 2.29. The molecule has 0 atom stereocenters. The van der Waals surface area contributed by atoms with Crippen LogP contribution in [-0.2, 0) is 6.18 Å². The summed E-state index contributed by atoms with van der Waals surface area (Å²) in [7, 11) is 0. The van der Waals surface area contributed by atoms with E-state index in [0.717, 1.165) is 6.07 Å². The van der Waals surface area contributed by atoms with Gasteiger partial charge >= 0.3 is 6.18 Å². The molecule has 6 heteroatoms. The maximum absolute atomic E-state index is 12.7. The molecule has 17 heavy (non-hydrogen) atoms. The van der Waals surface area contributed by atoms with Crippen molar-refractivity contribution in [2.24, 2.45) is 0 Å². The van der Waals surface area contributed by atoms with E-state index in [9.17, 15) is 13.2 Å². The maximum Gasteiger partial charge on any atom is 0.417 e. The monoisotopic (exact) mass is 239 g/mol. The number of nitrogen functional groups attached to an aromatic ring is 1. The van der Waals surface area contributed by atoms with Crippen molar-refractivity contribution in [1.82, 2.24) is 9.97 Å². The van der Waals surface area contributed by atoms with Gasteiger partial charge in [-0.15, -0.1) is 0 Å². The molecule has 0 saturated carbocycles. The number of aromatic nitrogens is 2. The molecule has 0 saturated heterocycles. The van der Waals surface area contributed by atoms with Crippen LogP contribution in [0.25, 0.3) is 11.4 Å². The number of alkyl halides is 3. The van der Waals surface area contributed by atoms with Crippen LogP contribution in [0.5, 0.6) is 0 Å². The number of anilines is 1. The molecule has 2 rings (SSSR count). The van der Waals surface area contributed by atoms with Crippen LogP contribution in [0.1, 0.15) is 5.56 Å². The third kappa shape index (κ3) is 2.35. The summed E-state index contributed by atoms with van der Waals surface area (Å²) >= 11 is 0. The Kier molecular flexibility index (Phi) is 2.71. The molecule has 0 unspecified atom stereocenters. The van der Waals surface area contributed by atoms with E-state index < -0.39 is 11.7 Å². The standard InChI is InChI=1S/C11H8F3N3/c12-11(13,14)9-4-2-1-3-8(9)10-16-5-7(15)6-17-10/h1-6H,15H2. The first-order chi connectivity index (χ1) is 7.98. The second-order valence-electron chi connectivity index (χ2n) is 3.38. The maximum atomic E-state index is 12.7. The second-order valence-corrected chi connectivity index (χ2v) is 3.38. The zero-order valence-electron chi connectivity index (χ0n) is 8.57. The highest BCUT2D eigenvalue weighted by Gasteiger charge is 2.33. The molecule has 1 heterocycles. The molecular formula is C11H8F3N3. The van der Waals surface area contributed by atoms with Crippen molar-refractivity contribution in [2.75, 3.05) is 5.73 Å². The molecule has 0 fully saturated rings. The van der Waals surface area contributed by atoms with Gasteiger partial charge in [0.2, 0.25) is 0 Å². The van der Waals surface area contributed by atoms with E-state index in [0.29, 0.717) is 5.69 Å². The second kappa shape index (κ2) is 4.04. The van der Waals surface area contributed by atoms with Crippen LogP contribution in [-0.4, -0.2) is 9.97 Å². The van der Waals surface area contributed by atoms with Gasteiger partial charge in [0.15, 0.2) is 5.82 Å². The van der Waals surface area contributed by atoms with Crippen molar-refractivity contribution in [3.63, 3.8) is 0 Å². The molecule has 0 spiro atoms. The molecule has 0 bridgehead atoms. The third-order valence-corrected chi connectivity index (χ3v) is 2.15. The van der Waals surface area contributed by atoms with Crippen molar-refractivity contribution in [3.05, 3.63) is 42.2 Å². The smallest absolute Gasteiger partial charge is 0.396 e. The van der Waals surface area contributed by atoms with Gasteiger partial charge in [0.25, 0.3) is 0 Å². The largest absolute Gasteiger partial charge is 0.417 e. The lowest BCUT2D eigenvalue weighted by molar-refractivity contribution is -0.137. The van der Waals surface area contributed by atoms with Gasteiger partial charge in [-0.1, -0.05) is 18.2 Å². The van der Waals surface area contributed by atoms with Crippen LogP contribution in [0, 0.1) is 0 Å². The molecule has 2 aromatic rings. The molecule has 0 aliphatic rings. The predicted molar refractivity (Wildman–Crippen MR) is 56.9 cm³/mol. The Morgan fingerprint density at radius 2 is 1.59 bits per heavy atom. The minimum absolute atomic E-state index is 0.00660. The average molecular weight is 239 g/mol. The molecule has 2 N–H and O–H groups in total. The normalized spacial score (nSPS) is 11.5. The molecule has 0 aliphatic heterocycles. The summed E-state index contributed by atoms with van der Waals surface area (Å²) in [6, 6.07) is 5.15. The number of halogens is 3. The predicted octanol–water partition coefficient (Wildman–Crippen LogP) is 2.74. The third-order valence-electron chi connectivity index (χ3n) is 2.15. The molecular weight excluding hydrogens is 231 g/mol. The number of hydrogen-bond acceptors (Lipinski definition) is 3. The summed E-state index contributed by atoms with van der Waals surface area (Å²) in [5, 5.41) is 0. The van der Waals surface area contributed by atoms with Gasteiger partial charge in [0.05, 0.1) is 23.6 Å². The van der Waals surface area contributed by atoms with Crippen molar-refractivity contribution in [1.29, 1.82) is 0 Å². The fourth-order valence-electron chi connectivity index (χ4n) is 1.40. The summed E-state index contributed by atoms with van der Waals surface area (Å²) < 4.78 is 38.2. The van der Waals surface area contributed by atoms with Gasteiger partial charge in [0.1, 0.15) is 0 Å². The van der Waals surface area contributed by atoms with Gasteiger partial charge in [0, 0.05) is 5.56 Å². The fourth-order valence-corrected chi connectivity index (χ4v) is 1.40. The van der Waals surface area contributed by atoms with Gasteiger partial charge < -0.3 is 5.73 Å². The first kappa shape index (κ1) is 11.4. The lowest BCUT2D eigenvalue weighted by Gasteiger charge is -2.11. The van der Waals surface area contributed by atoms with E-state index in [1.807, 2.05) is 0 Å². The lowest BCUT2D eigenvalue weighted by atomic mass is 10.1. The lowest BCUT2D eigenvalue weighted by Crippen LogP contribution is -2.08. The number of hydrogen-bond donors (Lipinski definition) is 1. The highest BCUT2D eigenvalue weighted by molar-refractivity contribution is 5.61. The highest BCUT2D eigenvalue weighted by Crippen LogP contribution is 2.35. The van der Waals surface area contributed by atoms with E-state index in [-0.39, 0.29) is 11.4 Å². The summed E-state index contributed by atoms with van der Waals surface area (Å²) in [5.41, 5.74) is 4.87. The van der Waals surface area contributed by atoms with E-state index in [1.165, 1.54) is 30.6 Å². The number of nitrogens with two attached hydrogens (primary N) is 1. The first-order valence-electron chi connectivity index (χ1n) is 4.72. The Morgan fingerprint density at radius 3 is 2.18 bits per heavy atom. The van der Waals surface area contributed by atoms with Crippen molar-refractivity contribution in [3.8, 4) is 11.4 Å². The SMILES string of the molecule is Nc1cnc(-c2ccccc2C(F)(F)F)nc1. The van der Waals surface area contributed by atoms with Crippen molar-refractivity contribution >= 4 is 5.69 Å². The Morgan fingerprint density at radius 1 is 1.00 bits per heavy atom. The first-order valence-corrected chi connectivity index (χ1v) is 4.72. The molecule has 0 radical (unpaired) electrons. The van der Waals surface area contributed by atoms with Crippen molar-refractivity contribution < 1.29 is 13.2 Å². The van der Waals surface area contributed by atoms with E-state index >= 15 is 0 Å². The van der Waals surface area contributed by atoms with Crippen LogP contribution >= 0.6 is 0 Å². The van der Waals surface area contributed by atoms with E-state index in [1.54, 1.807) is 0 Å². The minimum atomic E-state index is -4.43. The molecule has 3 nitrogen and oxygen atoms in total. The van der Waals surface area contributed by atoms with Crippen LogP contribution < -0.4 is 5.73 Å². The quantitative estimate of drug-likeness (QED) is 0.832. The minimum Gasteiger partial charge on any atom is -0.396 e. The summed E-state index contributed by atoms with van der Waals surface area (Å²) in [6.45, 7) is 0. The summed E-state index contributed by atoms with van der Waals surface area (Å²) in [6.07, 6.45) is -1.88.